The Hall–Kier alpha value is -3.71. The molecule has 0 aliphatic carbocycles. The Balaban J connectivity index is 1.66. The topological polar surface area (TPSA) is 88.4 Å². The van der Waals surface area contributed by atoms with Gasteiger partial charge in [-0.2, -0.15) is 0 Å². The number of H-pyrrole nitrogens is 1. The molecule has 3 aromatic carbocycles. The van der Waals surface area contributed by atoms with E-state index in [2.05, 4.69) is 4.98 Å². The summed E-state index contributed by atoms with van der Waals surface area (Å²) in [5.74, 6) is -0.925. The number of hydrogen-bond acceptors (Lipinski definition) is 3. The van der Waals surface area contributed by atoms with Crippen molar-refractivity contribution in [1.29, 1.82) is 0 Å². The van der Waals surface area contributed by atoms with Crippen molar-refractivity contribution in [2.45, 2.75) is 6.92 Å². The molecule has 5 rings (SSSR count). The predicted molar refractivity (Wildman–Crippen MR) is 121 cm³/mol. The van der Waals surface area contributed by atoms with Crippen LogP contribution in [0.1, 0.15) is 26.3 Å². The molecule has 1 saturated heterocycles. The first kappa shape index (κ1) is 20.2. The highest BCUT2D eigenvalue weighted by atomic mass is 19.1. The van der Waals surface area contributed by atoms with Gasteiger partial charge >= 0.3 is 0 Å². The van der Waals surface area contributed by atoms with Crippen molar-refractivity contribution in [2.75, 3.05) is 26.3 Å². The number of amides is 2. The number of morpholine rings is 1. The zero-order chi connectivity index (χ0) is 22.4. The molecular formula is C25H22FN3O3. The minimum absolute atomic E-state index is 0.0494. The number of halogens is 1. The Morgan fingerprint density at radius 1 is 1.03 bits per heavy atom. The lowest BCUT2D eigenvalue weighted by Crippen LogP contribution is -2.40. The minimum Gasteiger partial charge on any atom is -0.378 e. The second kappa shape index (κ2) is 7.76. The van der Waals surface area contributed by atoms with Gasteiger partial charge in [-0.25, -0.2) is 4.39 Å². The van der Waals surface area contributed by atoms with Crippen LogP contribution in [0.4, 0.5) is 4.39 Å². The van der Waals surface area contributed by atoms with E-state index in [0.717, 1.165) is 33.0 Å². The van der Waals surface area contributed by atoms with Gasteiger partial charge < -0.3 is 20.4 Å². The molecule has 162 valence electrons. The van der Waals surface area contributed by atoms with Crippen LogP contribution in [0.25, 0.3) is 32.9 Å². The van der Waals surface area contributed by atoms with Gasteiger partial charge in [-0.15, -0.1) is 0 Å². The van der Waals surface area contributed by atoms with E-state index in [-0.39, 0.29) is 11.7 Å². The van der Waals surface area contributed by atoms with E-state index >= 15 is 0 Å². The number of carbonyl (C=O) groups excluding carboxylic acids is 2. The summed E-state index contributed by atoms with van der Waals surface area (Å²) in [4.78, 5) is 30.2. The first-order valence-corrected chi connectivity index (χ1v) is 10.5. The van der Waals surface area contributed by atoms with Gasteiger partial charge in [0, 0.05) is 34.9 Å². The van der Waals surface area contributed by atoms with Gasteiger partial charge in [0.1, 0.15) is 5.82 Å². The first-order chi connectivity index (χ1) is 15.4. The number of primary amides is 1. The standard InChI is InChI=1S/C25H22FN3O3/c1-14-10-17(26)3-5-18(14)16-11-20-19-4-2-15(25(31)29-6-8-32-9-7-29)13-22(19)28-23(20)21(12-16)24(27)30/h2-5,10-13,28H,6-9H2,1H3,(H2,27,30). The van der Waals surface area contributed by atoms with Gasteiger partial charge in [-0.3, -0.25) is 9.59 Å². The van der Waals surface area contributed by atoms with Crippen LogP contribution in [0, 0.1) is 12.7 Å². The normalized spacial score (nSPS) is 14.2. The Bertz CT molecular complexity index is 1390. The Morgan fingerprint density at radius 3 is 2.53 bits per heavy atom. The van der Waals surface area contributed by atoms with Crippen LogP contribution in [0.5, 0.6) is 0 Å². The number of hydrogen-bond donors (Lipinski definition) is 2. The highest BCUT2D eigenvalue weighted by molar-refractivity contribution is 6.17. The van der Waals surface area contributed by atoms with Crippen molar-refractivity contribution in [3.05, 3.63) is 71.0 Å². The molecule has 0 bridgehead atoms. The molecule has 6 nitrogen and oxygen atoms in total. The summed E-state index contributed by atoms with van der Waals surface area (Å²) in [5.41, 5.74) is 10.3. The maximum atomic E-state index is 13.6. The van der Waals surface area contributed by atoms with Crippen LogP contribution in [0.15, 0.2) is 48.5 Å². The third-order valence-corrected chi connectivity index (χ3v) is 6.02. The summed E-state index contributed by atoms with van der Waals surface area (Å²) in [6.07, 6.45) is 0. The number of rotatable bonds is 3. The molecule has 0 unspecified atom stereocenters. The fourth-order valence-corrected chi connectivity index (χ4v) is 4.39. The Kier molecular flexibility index (Phi) is 4.90. The number of aromatic amines is 1. The number of aromatic nitrogens is 1. The van der Waals surface area contributed by atoms with Crippen LogP contribution < -0.4 is 5.73 Å². The quantitative estimate of drug-likeness (QED) is 0.514. The summed E-state index contributed by atoms with van der Waals surface area (Å²) in [6.45, 7) is 4.03. The van der Waals surface area contributed by atoms with Crippen molar-refractivity contribution < 1.29 is 18.7 Å². The predicted octanol–water partition coefficient (Wildman–Crippen LogP) is 4.01. The Morgan fingerprint density at radius 2 is 1.81 bits per heavy atom. The number of nitrogens with zero attached hydrogens (tertiary/aromatic N) is 1. The van der Waals surface area contributed by atoms with Crippen LogP contribution in [-0.2, 0) is 4.74 Å². The SMILES string of the molecule is Cc1cc(F)ccc1-c1cc(C(N)=O)c2[nH]c3cc(C(=O)N4CCOCC4)ccc3c2c1. The van der Waals surface area contributed by atoms with Crippen LogP contribution in [-0.4, -0.2) is 48.0 Å². The van der Waals surface area contributed by atoms with E-state index in [0.29, 0.717) is 42.9 Å². The number of fused-ring (bicyclic) bond motifs is 3. The lowest BCUT2D eigenvalue weighted by Gasteiger charge is -2.26. The van der Waals surface area contributed by atoms with Crippen LogP contribution in [0.2, 0.25) is 0 Å². The summed E-state index contributed by atoms with van der Waals surface area (Å²) < 4.78 is 18.9. The fourth-order valence-electron chi connectivity index (χ4n) is 4.39. The third kappa shape index (κ3) is 3.40. The smallest absolute Gasteiger partial charge is 0.254 e. The monoisotopic (exact) mass is 431 g/mol. The van der Waals surface area contributed by atoms with Crippen molar-refractivity contribution in [3.8, 4) is 11.1 Å². The van der Waals surface area contributed by atoms with Gasteiger partial charge in [0.15, 0.2) is 0 Å². The molecule has 1 aromatic heterocycles. The summed E-state index contributed by atoms with van der Waals surface area (Å²) in [6, 6.07) is 13.7. The lowest BCUT2D eigenvalue weighted by atomic mass is 9.96. The van der Waals surface area contributed by atoms with Crippen molar-refractivity contribution in [3.63, 3.8) is 0 Å². The molecule has 3 N–H and O–H groups in total. The molecule has 0 radical (unpaired) electrons. The highest BCUT2D eigenvalue weighted by Crippen LogP contribution is 2.34. The van der Waals surface area contributed by atoms with E-state index in [1.807, 2.05) is 19.1 Å². The number of carbonyl (C=O) groups is 2. The van der Waals surface area contributed by atoms with Crippen molar-refractivity contribution in [1.82, 2.24) is 9.88 Å². The van der Waals surface area contributed by atoms with Crippen LogP contribution >= 0.6 is 0 Å². The number of aryl methyl sites for hydroxylation is 1. The van der Waals surface area contributed by atoms with E-state index in [1.54, 1.807) is 29.2 Å². The fraction of sp³-hybridized carbons (Fsp3) is 0.200. The molecule has 2 heterocycles. The summed E-state index contributed by atoms with van der Waals surface area (Å²) in [5, 5.41) is 1.70. The molecule has 0 atom stereocenters. The maximum Gasteiger partial charge on any atom is 0.254 e. The largest absolute Gasteiger partial charge is 0.378 e. The summed E-state index contributed by atoms with van der Waals surface area (Å²) >= 11 is 0. The van der Waals surface area contributed by atoms with Gasteiger partial charge in [0.05, 0.1) is 24.3 Å². The Labute approximate surface area is 183 Å². The molecule has 4 aromatic rings. The molecule has 1 aliphatic heterocycles. The molecule has 1 aliphatic rings. The average molecular weight is 431 g/mol. The van der Waals surface area contributed by atoms with Crippen molar-refractivity contribution in [2.24, 2.45) is 5.73 Å². The number of nitrogens with one attached hydrogen (secondary N) is 1. The maximum absolute atomic E-state index is 13.6. The zero-order valence-corrected chi connectivity index (χ0v) is 17.6. The minimum atomic E-state index is -0.562. The molecule has 2 amide bonds. The van der Waals surface area contributed by atoms with E-state index in [1.165, 1.54) is 12.1 Å². The lowest BCUT2D eigenvalue weighted by molar-refractivity contribution is 0.0303. The number of ether oxygens (including phenoxy) is 1. The first-order valence-electron chi connectivity index (χ1n) is 10.5. The number of benzene rings is 3. The van der Waals surface area contributed by atoms with Gasteiger partial charge in [0.25, 0.3) is 11.8 Å². The van der Waals surface area contributed by atoms with E-state index in [9.17, 15) is 14.0 Å². The summed E-state index contributed by atoms with van der Waals surface area (Å²) in [7, 11) is 0. The molecular weight excluding hydrogens is 409 g/mol. The molecule has 0 spiro atoms. The van der Waals surface area contributed by atoms with Gasteiger partial charge in [0.2, 0.25) is 0 Å². The van der Waals surface area contributed by atoms with Crippen LogP contribution in [0.3, 0.4) is 0 Å². The molecule has 32 heavy (non-hydrogen) atoms. The second-order valence-electron chi connectivity index (χ2n) is 8.06. The zero-order valence-electron chi connectivity index (χ0n) is 17.6. The second-order valence-corrected chi connectivity index (χ2v) is 8.06. The van der Waals surface area contributed by atoms with E-state index in [4.69, 9.17) is 10.5 Å². The average Bonchev–Trinajstić information content (AvgIpc) is 3.16. The highest BCUT2D eigenvalue weighted by Gasteiger charge is 2.20. The van der Waals surface area contributed by atoms with Crippen molar-refractivity contribution >= 4 is 33.6 Å². The van der Waals surface area contributed by atoms with E-state index < -0.39 is 5.91 Å². The molecule has 0 saturated carbocycles. The molecule has 1 fully saturated rings. The third-order valence-electron chi connectivity index (χ3n) is 6.02. The number of nitrogens with two attached hydrogens (primary N) is 1. The van der Waals surface area contributed by atoms with Gasteiger partial charge in [-0.1, -0.05) is 12.1 Å². The molecule has 7 heteroatoms. The van der Waals surface area contributed by atoms with Gasteiger partial charge in [-0.05, 0) is 60.0 Å².